The Balaban J connectivity index is 2.10. The SMILES string of the molecule is Cc1nn(-c2ccccc2)c2nc(C(=O)O)cc(-c3cccs3)c12. The number of aryl methyl sites for hydroxylation is 1. The topological polar surface area (TPSA) is 68.0 Å². The Bertz CT molecular complexity index is 1040. The maximum absolute atomic E-state index is 11.5. The number of thiophene rings is 1. The van der Waals surface area contributed by atoms with Crippen LogP contribution in [0.1, 0.15) is 16.2 Å². The quantitative estimate of drug-likeness (QED) is 0.610. The Morgan fingerprint density at radius 2 is 1.96 bits per heavy atom. The van der Waals surface area contributed by atoms with Crippen molar-refractivity contribution in [2.24, 2.45) is 0 Å². The van der Waals surface area contributed by atoms with Gasteiger partial charge in [-0.1, -0.05) is 24.3 Å². The van der Waals surface area contributed by atoms with Gasteiger partial charge in [-0.2, -0.15) is 5.10 Å². The monoisotopic (exact) mass is 335 g/mol. The molecule has 0 bridgehead atoms. The van der Waals surface area contributed by atoms with Gasteiger partial charge in [0, 0.05) is 10.4 Å². The highest BCUT2D eigenvalue weighted by Gasteiger charge is 2.19. The Morgan fingerprint density at radius 3 is 2.62 bits per heavy atom. The van der Waals surface area contributed by atoms with Crippen LogP contribution in [0.15, 0.2) is 53.9 Å². The summed E-state index contributed by atoms with van der Waals surface area (Å²) >= 11 is 1.57. The van der Waals surface area contributed by atoms with Crippen molar-refractivity contribution < 1.29 is 9.90 Å². The van der Waals surface area contributed by atoms with Crippen LogP contribution < -0.4 is 0 Å². The minimum absolute atomic E-state index is 0.0166. The maximum Gasteiger partial charge on any atom is 0.354 e. The van der Waals surface area contributed by atoms with Crippen molar-refractivity contribution in [1.29, 1.82) is 0 Å². The average Bonchev–Trinajstić information content (AvgIpc) is 3.23. The molecule has 3 aromatic heterocycles. The van der Waals surface area contributed by atoms with E-state index in [1.165, 1.54) is 0 Å². The van der Waals surface area contributed by atoms with Gasteiger partial charge in [0.25, 0.3) is 0 Å². The van der Waals surface area contributed by atoms with Gasteiger partial charge in [-0.15, -0.1) is 11.3 Å². The number of carbonyl (C=O) groups is 1. The molecule has 4 aromatic rings. The van der Waals surface area contributed by atoms with Crippen molar-refractivity contribution >= 4 is 28.3 Å². The van der Waals surface area contributed by atoms with Gasteiger partial charge in [0.1, 0.15) is 0 Å². The minimum atomic E-state index is -1.05. The van der Waals surface area contributed by atoms with Gasteiger partial charge in [-0.25, -0.2) is 14.5 Å². The summed E-state index contributed by atoms with van der Waals surface area (Å²) in [6, 6.07) is 15.2. The molecule has 3 heterocycles. The van der Waals surface area contributed by atoms with Crippen LogP contribution in [0.3, 0.4) is 0 Å². The zero-order valence-electron chi connectivity index (χ0n) is 12.8. The molecule has 0 saturated heterocycles. The molecule has 0 aliphatic heterocycles. The summed E-state index contributed by atoms with van der Waals surface area (Å²) in [5.74, 6) is -1.05. The lowest BCUT2D eigenvalue weighted by atomic mass is 10.1. The zero-order chi connectivity index (χ0) is 16.7. The van der Waals surface area contributed by atoms with E-state index in [1.54, 1.807) is 22.1 Å². The molecule has 0 saturated carbocycles. The van der Waals surface area contributed by atoms with Gasteiger partial charge >= 0.3 is 5.97 Å². The highest BCUT2D eigenvalue weighted by molar-refractivity contribution is 7.13. The van der Waals surface area contributed by atoms with E-state index >= 15 is 0 Å². The molecule has 0 amide bonds. The Morgan fingerprint density at radius 1 is 1.17 bits per heavy atom. The normalized spacial score (nSPS) is 11.0. The third kappa shape index (κ3) is 2.28. The number of aromatic nitrogens is 3. The van der Waals surface area contributed by atoms with E-state index < -0.39 is 5.97 Å². The molecular formula is C18H13N3O2S. The number of carboxylic acid groups (broad SMARTS) is 1. The number of nitrogens with zero attached hydrogens (tertiary/aromatic N) is 3. The third-order valence-corrected chi connectivity index (χ3v) is 4.72. The molecule has 0 spiro atoms. The number of pyridine rings is 1. The van der Waals surface area contributed by atoms with E-state index in [2.05, 4.69) is 10.1 Å². The van der Waals surface area contributed by atoms with E-state index in [0.29, 0.717) is 5.65 Å². The van der Waals surface area contributed by atoms with Crippen molar-refractivity contribution in [3.63, 3.8) is 0 Å². The van der Waals surface area contributed by atoms with Crippen molar-refractivity contribution in [3.8, 4) is 16.1 Å². The zero-order valence-corrected chi connectivity index (χ0v) is 13.6. The van der Waals surface area contributed by atoms with Crippen molar-refractivity contribution in [3.05, 3.63) is 65.3 Å². The molecule has 6 heteroatoms. The van der Waals surface area contributed by atoms with Gasteiger partial charge in [0.05, 0.1) is 16.8 Å². The predicted molar refractivity (Wildman–Crippen MR) is 93.9 cm³/mol. The Hall–Kier alpha value is -2.99. The molecule has 4 rings (SSSR count). The number of aromatic carboxylic acids is 1. The van der Waals surface area contributed by atoms with Crippen LogP contribution in [0, 0.1) is 6.92 Å². The number of carboxylic acids is 1. The number of hydrogen-bond acceptors (Lipinski definition) is 4. The van der Waals surface area contributed by atoms with Crippen LogP contribution in [-0.2, 0) is 0 Å². The smallest absolute Gasteiger partial charge is 0.354 e. The standard InChI is InChI=1S/C18H13N3O2S/c1-11-16-13(15-8-5-9-24-15)10-14(18(22)23)19-17(16)21(20-11)12-6-3-2-4-7-12/h2-10H,1H3,(H,22,23). The summed E-state index contributed by atoms with van der Waals surface area (Å²) in [6.07, 6.45) is 0. The minimum Gasteiger partial charge on any atom is -0.477 e. The van der Waals surface area contributed by atoms with Crippen molar-refractivity contribution in [1.82, 2.24) is 14.8 Å². The molecule has 5 nitrogen and oxygen atoms in total. The average molecular weight is 335 g/mol. The summed E-state index contributed by atoms with van der Waals surface area (Å²) in [5, 5.41) is 16.9. The van der Waals surface area contributed by atoms with Crippen LogP contribution in [0.25, 0.3) is 27.2 Å². The molecule has 0 fully saturated rings. The van der Waals surface area contributed by atoms with E-state index in [-0.39, 0.29) is 5.69 Å². The number of rotatable bonds is 3. The maximum atomic E-state index is 11.5. The molecule has 24 heavy (non-hydrogen) atoms. The molecule has 0 aliphatic carbocycles. The van der Waals surface area contributed by atoms with Gasteiger partial charge in [0.15, 0.2) is 11.3 Å². The molecule has 0 radical (unpaired) electrons. The molecule has 1 aromatic carbocycles. The van der Waals surface area contributed by atoms with Crippen molar-refractivity contribution in [2.45, 2.75) is 6.92 Å². The van der Waals surface area contributed by atoms with Crippen molar-refractivity contribution in [2.75, 3.05) is 0 Å². The first-order valence-electron chi connectivity index (χ1n) is 7.38. The Kier molecular flexibility index (Phi) is 3.39. The van der Waals surface area contributed by atoms with Gasteiger partial charge in [-0.05, 0) is 36.6 Å². The highest BCUT2D eigenvalue weighted by Crippen LogP contribution is 2.34. The number of para-hydroxylation sites is 1. The number of benzene rings is 1. The molecule has 118 valence electrons. The lowest BCUT2D eigenvalue weighted by Gasteiger charge is -2.06. The molecule has 0 atom stereocenters. The largest absolute Gasteiger partial charge is 0.477 e. The first-order chi connectivity index (χ1) is 11.6. The first kappa shape index (κ1) is 14.6. The second-order valence-electron chi connectivity index (χ2n) is 5.37. The first-order valence-corrected chi connectivity index (χ1v) is 8.26. The van der Waals surface area contributed by atoms with Crippen LogP contribution in [0.4, 0.5) is 0 Å². The van der Waals surface area contributed by atoms with Gasteiger partial charge in [0.2, 0.25) is 0 Å². The predicted octanol–water partition coefficient (Wildman–Crippen LogP) is 4.16. The molecule has 0 unspecified atom stereocenters. The summed E-state index contributed by atoms with van der Waals surface area (Å²) in [5.41, 5.74) is 3.10. The van der Waals surface area contributed by atoms with Crippen LogP contribution in [0.2, 0.25) is 0 Å². The molecular weight excluding hydrogens is 322 g/mol. The second-order valence-corrected chi connectivity index (χ2v) is 6.32. The highest BCUT2D eigenvalue weighted by atomic mass is 32.1. The van der Waals surface area contributed by atoms with Crippen LogP contribution in [0.5, 0.6) is 0 Å². The fourth-order valence-corrected chi connectivity index (χ4v) is 3.52. The lowest BCUT2D eigenvalue weighted by Crippen LogP contribution is -2.04. The summed E-state index contributed by atoms with van der Waals surface area (Å²) in [7, 11) is 0. The van der Waals surface area contributed by atoms with Gasteiger partial charge < -0.3 is 5.11 Å². The fraction of sp³-hybridized carbons (Fsp3) is 0.0556. The number of hydrogen-bond donors (Lipinski definition) is 1. The second kappa shape index (κ2) is 5.58. The van der Waals surface area contributed by atoms with E-state index in [1.807, 2.05) is 54.8 Å². The number of fused-ring (bicyclic) bond motifs is 1. The third-order valence-electron chi connectivity index (χ3n) is 3.82. The molecule has 1 N–H and O–H groups in total. The summed E-state index contributed by atoms with van der Waals surface area (Å²) in [6.45, 7) is 1.92. The lowest BCUT2D eigenvalue weighted by molar-refractivity contribution is 0.0691. The van der Waals surface area contributed by atoms with Crippen LogP contribution >= 0.6 is 11.3 Å². The van der Waals surface area contributed by atoms with Crippen LogP contribution in [-0.4, -0.2) is 25.8 Å². The molecule has 0 aliphatic rings. The van der Waals surface area contributed by atoms with E-state index in [0.717, 1.165) is 27.2 Å². The Labute approximate surface area is 141 Å². The fourth-order valence-electron chi connectivity index (χ4n) is 2.77. The van der Waals surface area contributed by atoms with E-state index in [9.17, 15) is 9.90 Å². The van der Waals surface area contributed by atoms with Gasteiger partial charge in [-0.3, -0.25) is 0 Å². The summed E-state index contributed by atoms with van der Waals surface area (Å²) in [4.78, 5) is 16.9. The van der Waals surface area contributed by atoms with E-state index in [4.69, 9.17) is 0 Å². The summed E-state index contributed by atoms with van der Waals surface area (Å²) < 4.78 is 1.70.